The van der Waals surface area contributed by atoms with Gasteiger partial charge in [0.2, 0.25) is 5.91 Å². The highest BCUT2D eigenvalue weighted by molar-refractivity contribution is 7.45. The average molecular weight is 797 g/mol. The Morgan fingerprint density at radius 3 is 1.47 bits per heavy atom. The van der Waals surface area contributed by atoms with Crippen molar-refractivity contribution >= 4 is 13.7 Å². The molecule has 0 bridgehead atoms. The van der Waals surface area contributed by atoms with E-state index >= 15 is 0 Å². The van der Waals surface area contributed by atoms with Crippen molar-refractivity contribution in [1.29, 1.82) is 0 Å². The lowest BCUT2D eigenvalue weighted by atomic mass is 10.1. The number of carbonyl (C=O) groups excluding carboxylic acids is 1. The van der Waals surface area contributed by atoms with Crippen molar-refractivity contribution in [2.24, 2.45) is 0 Å². The molecule has 3 atom stereocenters. The van der Waals surface area contributed by atoms with E-state index in [2.05, 4.69) is 43.5 Å². The number of hydrogen-bond donors (Lipinski definition) is 2. The average Bonchev–Trinajstić information content (AvgIpc) is 3.13. The van der Waals surface area contributed by atoms with Gasteiger partial charge in [-0.2, -0.15) is 0 Å². The first-order chi connectivity index (χ1) is 26.5. The van der Waals surface area contributed by atoms with Crippen LogP contribution in [0.2, 0.25) is 0 Å². The van der Waals surface area contributed by atoms with Gasteiger partial charge in [-0.3, -0.25) is 9.36 Å². The molecule has 0 aromatic carbocycles. The number of amides is 1. The normalized spacial score (nSPS) is 14.7. The molecule has 55 heavy (non-hydrogen) atoms. The van der Waals surface area contributed by atoms with Gasteiger partial charge in [0.1, 0.15) is 13.2 Å². The van der Waals surface area contributed by atoms with Gasteiger partial charge in [0.05, 0.1) is 39.9 Å². The lowest BCUT2D eigenvalue weighted by Crippen LogP contribution is -2.45. The summed E-state index contributed by atoms with van der Waals surface area (Å²) < 4.78 is 23.2. The van der Waals surface area contributed by atoms with Crippen LogP contribution in [0.25, 0.3) is 0 Å². The molecule has 0 aliphatic heterocycles. The number of nitrogens with zero attached hydrogens (tertiary/aromatic N) is 1. The van der Waals surface area contributed by atoms with Gasteiger partial charge in [-0.1, -0.05) is 172 Å². The van der Waals surface area contributed by atoms with Crippen molar-refractivity contribution in [3.05, 3.63) is 36.5 Å². The molecule has 9 heteroatoms. The van der Waals surface area contributed by atoms with Crippen LogP contribution in [0.1, 0.15) is 200 Å². The van der Waals surface area contributed by atoms with Crippen LogP contribution in [0.4, 0.5) is 0 Å². The summed E-state index contributed by atoms with van der Waals surface area (Å²) in [5.41, 5.74) is 0. The Balaban J connectivity index is 4.46. The van der Waals surface area contributed by atoms with Crippen LogP contribution in [-0.4, -0.2) is 68.5 Å². The van der Waals surface area contributed by atoms with Crippen LogP contribution in [0.15, 0.2) is 36.5 Å². The summed E-state index contributed by atoms with van der Waals surface area (Å²) in [5.74, 6) is -0.213. The van der Waals surface area contributed by atoms with Crippen LogP contribution >= 0.6 is 7.82 Å². The van der Waals surface area contributed by atoms with E-state index in [0.29, 0.717) is 17.4 Å². The minimum atomic E-state index is -4.59. The van der Waals surface area contributed by atoms with E-state index in [0.717, 1.165) is 38.5 Å². The predicted octanol–water partition coefficient (Wildman–Crippen LogP) is 12.1. The number of phosphoric acid groups is 1. The van der Waals surface area contributed by atoms with Crippen LogP contribution in [0.5, 0.6) is 0 Å². The molecule has 0 fully saturated rings. The van der Waals surface area contributed by atoms with Crippen molar-refractivity contribution < 1.29 is 32.9 Å². The Bertz CT molecular complexity index is 995. The van der Waals surface area contributed by atoms with Gasteiger partial charge in [-0.05, 0) is 57.8 Å². The molecular formula is C46H89N2O6P. The highest BCUT2D eigenvalue weighted by atomic mass is 31.2. The number of quaternary nitrogens is 1. The standard InChI is InChI=1S/C46H89N2O6P/c1-6-8-10-12-14-16-18-20-22-24-26-28-30-32-34-36-38-40-46(50)47-44(43-54-55(51,52)53-42-41-48(3,4)5)45(49)39-37-35-33-31-29-27-25-23-21-19-17-15-13-11-9-7-2/h20,22,29,31,37,39,44-45,49H,6-19,21,23-28,30,32-36,38,40-43H2,1-5H3,(H-,47,50,51,52)/b22-20+,31-29+,39-37+/t44-,45+/m0/s1. The number of likely N-dealkylation sites (N-methyl/N-ethyl adjacent to an activating group) is 1. The molecular weight excluding hydrogens is 707 g/mol. The number of carbonyl (C=O) groups is 1. The van der Waals surface area contributed by atoms with Gasteiger partial charge in [-0.15, -0.1) is 0 Å². The maximum Gasteiger partial charge on any atom is 0.268 e. The summed E-state index contributed by atoms with van der Waals surface area (Å²) in [4.78, 5) is 25.3. The van der Waals surface area contributed by atoms with Gasteiger partial charge >= 0.3 is 0 Å². The van der Waals surface area contributed by atoms with Crippen LogP contribution in [0, 0.1) is 0 Å². The number of allylic oxidation sites excluding steroid dienone is 5. The monoisotopic (exact) mass is 797 g/mol. The van der Waals surface area contributed by atoms with Gasteiger partial charge in [-0.25, -0.2) is 0 Å². The summed E-state index contributed by atoms with van der Waals surface area (Å²) in [5, 5.41) is 13.8. The largest absolute Gasteiger partial charge is 0.756 e. The van der Waals surface area contributed by atoms with E-state index in [-0.39, 0.29) is 12.5 Å². The second-order valence-corrected chi connectivity index (χ2v) is 18.2. The Morgan fingerprint density at radius 1 is 0.618 bits per heavy atom. The van der Waals surface area contributed by atoms with Crippen molar-refractivity contribution in [1.82, 2.24) is 5.32 Å². The molecule has 0 saturated heterocycles. The summed E-state index contributed by atoms with van der Waals surface area (Å²) >= 11 is 0. The van der Waals surface area contributed by atoms with Gasteiger partial charge in [0, 0.05) is 6.42 Å². The third-order valence-electron chi connectivity index (χ3n) is 10.1. The summed E-state index contributed by atoms with van der Waals surface area (Å²) in [6.07, 6.45) is 46.2. The predicted molar refractivity (Wildman–Crippen MR) is 233 cm³/mol. The number of rotatable bonds is 41. The number of aliphatic hydroxyl groups excluding tert-OH is 1. The molecule has 1 unspecified atom stereocenters. The third-order valence-corrected chi connectivity index (χ3v) is 11.0. The Hall–Kier alpha value is -1.28. The van der Waals surface area contributed by atoms with Crippen molar-refractivity contribution in [3.63, 3.8) is 0 Å². The van der Waals surface area contributed by atoms with Crippen molar-refractivity contribution in [3.8, 4) is 0 Å². The van der Waals surface area contributed by atoms with Crippen LogP contribution in [0.3, 0.4) is 0 Å². The molecule has 324 valence electrons. The lowest BCUT2D eigenvalue weighted by Gasteiger charge is -2.29. The molecule has 2 N–H and O–H groups in total. The van der Waals surface area contributed by atoms with E-state index < -0.39 is 26.6 Å². The van der Waals surface area contributed by atoms with E-state index in [1.807, 2.05) is 27.2 Å². The fourth-order valence-electron chi connectivity index (χ4n) is 6.40. The molecule has 8 nitrogen and oxygen atoms in total. The first kappa shape index (κ1) is 53.7. The van der Waals surface area contributed by atoms with Crippen molar-refractivity contribution in [2.45, 2.75) is 212 Å². The molecule has 0 aromatic rings. The molecule has 0 aliphatic carbocycles. The van der Waals surface area contributed by atoms with Gasteiger partial charge in [0.15, 0.2) is 0 Å². The lowest BCUT2D eigenvalue weighted by molar-refractivity contribution is -0.870. The smallest absolute Gasteiger partial charge is 0.268 e. The number of nitrogens with one attached hydrogen (secondary N) is 1. The first-order valence-corrected chi connectivity index (χ1v) is 24.3. The van der Waals surface area contributed by atoms with E-state index in [1.54, 1.807) is 6.08 Å². The maximum atomic E-state index is 12.9. The molecule has 1 amide bonds. The highest BCUT2D eigenvalue weighted by Gasteiger charge is 2.23. The maximum absolute atomic E-state index is 12.9. The zero-order chi connectivity index (χ0) is 40.7. The Kier molecular flexibility index (Phi) is 37.4. The minimum Gasteiger partial charge on any atom is -0.756 e. The Labute approximate surface area is 340 Å². The summed E-state index contributed by atoms with van der Waals surface area (Å²) in [7, 11) is 1.24. The van der Waals surface area contributed by atoms with E-state index in [4.69, 9.17) is 9.05 Å². The summed E-state index contributed by atoms with van der Waals surface area (Å²) in [6.45, 7) is 4.61. The second kappa shape index (κ2) is 38.2. The molecule has 0 rings (SSSR count). The van der Waals surface area contributed by atoms with Gasteiger partial charge < -0.3 is 28.8 Å². The van der Waals surface area contributed by atoms with E-state index in [9.17, 15) is 19.4 Å². The fraction of sp³-hybridized carbons (Fsp3) is 0.848. The number of hydrogen-bond acceptors (Lipinski definition) is 6. The molecule has 0 aliphatic rings. The minimum absolute atomic E-state index is 0.00711. The van der Waals surface area contributed by atoms with E-state index in [1.165, 1.54) is 141 Å². The second-order valence-electron chi connectivity index (χ2n) is 16.7. The molecule has 0 aromatic heterocycles. The third kappa shape index (κ3) is 40.7. The number of unbranched alkanes of at least 4 members (excludes halogenated alkanes) is 24. The van der Waals surface area contributed by atoms with Crippen molar-refractivity contribution in [2.75, 3.05) is 40.9 Å². The molecule has 0 saturated carbocycles. The summed E-state index contributed by atoms with van der Waals surface area (Å²) in [6, 6.07) is -0.903. The van der Waals surface area contributed by atoms with Crippen LogP contribution in [-0.2, 0) is 18.4 Å². The Morgan fingerprint density at radius 2 is 1.02 bits per heavy atom. The van der Waals surface area contributed by atoms with Crippen LogP contribution < -0.4 is 10.2 Å². The molecule has 0 heterocycles. The van der Waals surface area contributed by atoms with Gasteiger partial charge in [0.25, 0.3) is 7.82 Å². The highest BCUT2D eigenvalue weighted by Crippen LogP contribution is 2.38. The number of aliphatic hydroxyl groups is 1. The first-order valence-electron chi connectivity index (χ1n) is 22.9. The fourth-order valence-corrected chi connectivity index (χ4v) is 7.12. The zero-order valence-corrected chi connectivity index (χ0v) is 37.5. The molecule has 0 spiro atoms. The molecule has 0 radical (unpaired) electrons. The quantitative estimate of drug-likeness (QED) is 0.0276. The topological polar surface area (TPSA) is 108 Å². The SMILES string of the molecule is CCCCCCCC/C=C/CCCCCCCCCC(=O)N[C@@H](COP(=O)([O-])OCC[N+](C)(C)C)[C@H](O)/C=C/CC/C=C/CCCCCCCCCCCC. The zero-order valence-electron chi connectivity index (χ0n) is 36.6. The number of phosphoric ester groups is 1.